The van der Waals surface area contributed by atoms with E-state index < -0.39 is 12.1 Å². The van der Waals surface area contributed by atoms with E-state index in [1.807, 2.05) is 6.07 Å². The second kappa shape index (κ2) is 5.28. The van der Waals surface area contributed by atoms with E-state index >= 15 is 0 Å². The van der Waals surface area contributed by atoms with Crippen LogP contribution in [0.2, 0.25) is 0 Å². The minimum absolute atomic E-state index is 0.0754. The number of rotatable bonds is 2. The highest BCUT2D eigenvalue weighted by Crippen LogP contribution is 2.40. The summed E-state index contributed by atoms with van der Waals surface area (Å²) in [4.78, 5) is 11.5. The van der Waals surface area contributed by atoms with Gasteiger partial charge in [0.2, 0.25) is 0 Å². The smallest absolute Gasteiger partial charge is 0.339 e. The maximum Gasteiger partial charge on any atom is 0.339 e. The number of benzene rings is 1. The van der Waals surface area contributed by atoms with Gasteiger partial charge in [0.05, 0.1) is 11.6 Å². The fraction of sp³-hybridized carbons (Fsp3) is 0.462. The van der Waals surface area contributed by atoms with Crippen molar-refractivity contribution in [3.05, 3.63) is 27.2 Å². The number of fused-ring (bicyclic) bond motifs is 1. The molecule has 0 fully saturated rings. The van der Waals surface area contributed by atoms with Gasteiger partial charge in [0, 0.05) is 5.56 Å². The fourth-order valence-electron chi connectivity index (χ4n) is 2.41. The van der Waals surface area contributed by atoms with Crippen molar-refractivity contribution in [1.82, 2.24) is 0 Å². The standard InChI is InChI=1S/C13H15BrO4/c1-18-13(17)12(16)10-8-5-3-2-4-7(8)6-9(14)11(10)15/h6,12,15-16H,2-5H2,1H3. The summed E-state index contributed by atoms with van der Waals surface area (Å²) in [7, 11) is 1.22. The first-order valence-electron chi connectivity index (χ1n) is 5.85. The number of hydrogen-bond acceptors (Lipinski definition) is 4. The van der Waals surface area contributed by atoms with Gasteiger partial charge in [0.1, 0.15) is 5.75 Å². The lowest BCUT2D eigenvalue weighted by Gasteiger charge is -2.23. The van der Waals surface area contributed by atoms with Crippen LogP contribution in [0, 0.1) is 0 Å². The number of halogens is 1. The van der Waals surface area contributed by atoms with E-state index in [1.54, 1.807) is 0 Å². The average molecular weight is 315 g/mol. The number of ether oxygens (including phenoxy) is 1. The quantitative estimate of drug-likeness (QED) is 0.822. The van der Waals surface area contributed by atoms with Crippen LogP contribution >= 0.6 is 15.9 Å². The molecule has 98 valence electrons. The molecule has 0 heterocycles. The molecule has 18 heavy (non-hydrogen) atoms. The third-order valence-corrected chi connectivity index (χ3v) is 3.92. The minimum Gasteiger partial charge on any atom is -0.506 e. The summed E-state index contributed by atoms with van der Waals surface area (Å²) >= 11 is 3.25. The molecule has 1 aromatic rings. The van der Waals surface area contributed by atoms with Gasteiger partial charge in [-0.1, -0.05) is 0 Å². The van der Waals surface area contributed by atoms with E-state index in [-0.39, 0.29) is 11.3 Å². The Hall–Kier alpha value is -1.07. The van der Waals surface area contributed by atoms with Gasteiger partial charge < -0.3 is 14.9 Å². The third kappa shape index (κ3) is 2.24. The second-order valence-electron chi connectivity index (χ2n) is 4.39. The Morgan fingerprint density at radius 2 is 2.11 bits per heavy atom. The summed E-state index contributed by atoms with van der Waals surface area (Å²) < 4.78 is 5.04. The molecule has 2 rings (SSSR count). The number of phenols is 1. The van der Waals surface area contributed by atoms with Crippen LogP contribution < -0.4 is 0 Å². The first kappa shape index (κ1) is 13.4. The second-order valence-corrected chi connectivity index (χ2v) is 5.25. The monoisotopic (exact) mass is 314 g/mol. The van der Waals surface area contributed by atoms with Crippen molar-refractivity contribution < 1.29 is 19.7 Å². The van der Waals surface area contributed by atoms with E-state index in [4.69, 9.17) is 0 Å². The van der Waals surface area contributed by atoms with Crippen LogP contribution in [0.1, 0.15) is 35.6 Å². The zero-order chi connectivity index (χ0) is 13.3. The fourth-order valence-corrected chi connectivity index (χ4v) is 2.90. The van der Waals surface area contributed by atoms with Crippen molar-refractivity contribution in [2.75, 3.05) is 7.11 Å². The molecule has 0 spiro atoms. The van der Waals surface area contributed by atoms with Gasteiger partial charge >= 0.3 is 5.97 Å². The van der Waals surface area contributed by atoms with Crippen molar-refractivity contribution in [1.29, 1.82) is 0 Å². The van der Waals surface area contributed by atoms with Crippen LogP contribution in [0.3, 0.4) is 0 Å². The van der Waals surface area contributed by atoms with Crippen molar-refractivity contribution in [2.24, 2.45) is 0 Å². The Morgan fingerprint density at radius 3 is 2.78 bits per heavy atom. The van der Waals surface area contributed by atoms with Gasteiger partial charge in [-0.2, -0.15) is 0 Å². The molecule has 5 heteroatoms. The van der Waals surface area contributed by atoms with Crippen LogP contribution in [0.4, 0.5) is 0 Å². The summed E-state index contributed by atoms with van der Waals surface area (Å²) in [6, 6.07) is 1.86. The van der Waals surface area contributed by atoms with Crippen molar-refractivity contribution in [2.45, 2.75) is 31.8 Å². The highest BCUT2D eigenvalue weighted by molar-refractivity contribution is 9.10. The molecular weight excluding hydrogens is 300 g/mol. The predicted molar refractivity (Wildman–Crippen MR) is 69.4 cm³/mol. The Bertz CT molecular complexity index is 484. The average Bonchev–Trinajstić information content (AvgIpc) is 2.38. The van der Waals surface area contributed by atoms with Crippen LogP contribution in [0.15, 0.2) is 10.5 Å². The Morgan fingerprint density at radius 1 is 1.44 bits per heavy atom. The number of hydrogen-bond donors (Lipinski definition) is 2. The molecule has 1 unspecified atom stereocenters. The number of methoxy groups -OCH3 is 1. The van der Waals surface area contributed by atoms with Crippen LogP contribution in [0.5, 0.6) is 5.75 Å². The zero-order valence-corrected chi connectivity index (χ0v) is 11.7. The molecule has 0 bridgehead atoms. The third-order valence-electron chi connectivity index (χ3n) is 3.32. The molecular formula is C13H15BrO4. The van der Waals surface area contributed by atoms with E-state index in [1.165, 1.54) is 7.11 Å². The lowest BCUT2D eigenvalue weighted by Crippen LogP contribution is -2.18. The van der Waals surface area contributed by atoms with E-state index in [0.29, 0.717) is 4.47 Å². The number of esters is 1. The van der Waals surface area contributed by atoms with Gasteiger partial charge in [0.25, 0.3) is 0 Å². The first-order chi connectivity index (χ1) is 8.56. The normalized spacial score (nSPS) is 15.9. The lowest BCUT2D eigenvalue weighted by atomic mass is 9.86. The van der Waals surface area contributed by atoms with Crippen LogP contribution in [-0.4, -0.2) is 23.3 Å². The molecule has 0 saturated heterocycles. The van der Waals surface area contributed by atoms with Gasteiger partial charge in [0.15, 0.2) is 6.10 Å². The molecule has 0 amide bonds. The van der Waals surface area contributed by atoms with Crippen molar-refractivity contribution in [3.63, 3.8) is 0 Å². The van der Waals surface area contributed by atoms with Crippen molar-refractivity contribution in [3.8, 4) is 5.75 Å². The number of carbonyl (C=O) groups is 1. The Kier molecular flexibility index (Phi) is 3.92. The minimum atomic E-state index is -1.43. The molecule has 1 aliphatic carbocycles. The number of aryl methyl sites for hydroxylation is 1. The van der Waals surface area contributed by atoms with Crippen molar-refractivity contribution >= 4 is 21.9 Å². The van der Waals surface area contributed by atoms with Crippen LogP contribution in [-0.2, 0) is 22.4 Å². The maximum absolute atomic E-state index is 11.5. The summed E-state index contributed by atoms with van der Waals surface area (Å²) in [5, 5.41) is 20.0. The zero-order valence-electron chi connectivity index (χ0n) is 10.1. The number of phenolic OH excluding ortho intramolecular Hbond substituents is 1. The van der Waals surface area contributed by atoms with Crippen LogP contribution in [0.25, 0.3) is 0 Å². The van der Waals surface area contributed by atoms with E-state index in [2.05, 4.69) is 20.7 Å². The number of aromatic hydroxyl groups is 1. The van der Waals surface area contributed by atoms with Gasteiger partial charge in [-0.05, 0) is 58.8 Å². The Balaban J connectivity index is 2.56. The largest absolute Gasteiger partial charge is 0.506 e. The summed E-state index contributed by atoms with van der Waals surface area (Å²) in [5.74, 6) is -0.829. The molecule has 1 aliphatic rings. The number of aliphatic hydroxyl groups is 1. The maximum atomic E-state index is 11.5. The molecule has 0 radical (unpaired) electrons. The molecule has 2 N–H and O–H groups in total. The number of carbonyl (C=O) groups excluding carboxylic acids is 1. The van der Waals surface area contributed by atoms with E-state index in [0.717, 1.165) is 36.8 Å². The summed E-state index contributed by atoms with van der Waals surface area (Å²) in [5.41, 5.74) is 2.23. The highest BCUT2D eigenvalue weighted by atomic mass is 79.9. The highest BCUT2D eigenvalue weighted by Gasteiger charge is 2.28. The SMILES string of the molecule is COC(=O)C(O)c1c(O)c(Br)cc2c1CCCC2. The summed E-state index contributed by atoms with van der Waals surface area (Å²) in [6.45, 7) is 0. The number of aliphatic hydroxyl groups excluding tert-OH is 1. The lowest BCUT2D eigenvalue weighted by molar-refractivity contribution is -0.150. The Labute approximate surface area is 114 Å². The van der Waals surface area contributed by atoms with Gasteiger partial charge in [-0.25, -0.2) is 4.79 Å². The van der Waals surface area contributed by atoms with Gasteiger partial charge in [-0.3, -0.25) is 0 Å². The molecule has 0 aromatic heterocycles. The molecule has 4 nitrogen and oxygen atoms in total. The topological polar surface area (TPSA) is 66.8 Å². The predicted octanol–water partition coefficient (Wildman–Crippen LogP) is 2.24. The molecule has 0 aliphatic heterocycles. The van der Waals surface area contributed by atoms with Gasteiger partial charge in [-0.15, -0.1) is 0 Å². The molecule has 1 atom stereocenters. The first-order valence-corrected chi connectivity index (χ1v) is 6.64. The molecule has 0 saturated carbocycles. The molecule has 1 aromatic carbocycles. The van der Waals surface area contributed by atoms with E-state index in [9.17, 15) is 15.0 Å². The summed E-state index contributed by atoms with van der Waals surface area (Å²) in [6.07, 6.45) is 2.31.